The third-order valence-corrected chi connectivity index (χ3v) is 2.84. The summed E-state index contributed by atoms with van der Waals surface area (Å²) in [5.74, 6) is -0.801. The number of carbonyl (C=O) groups excluding carboxylic acids is 2. The predicted octanol–water partition coefficient (Wildman–Crippen LogP) is 0.631. The predicted molar refractivity (Wildman–Crippen MR) is 66.0 cm³/mol. The second kappa shape index (κ2) is 5.93. The largest absolute Gasteiger partial charge is 0.452 e. The molecule has 6 heteroatoms. The number of esters is 1. The van der Waals surface area contributed by atoms with Crippen LogP contribution in [0.15, 0.2) is 30.3 Å². The molecule has 6 nitrogen and oxygen atoms in total. The lowest BCUT2D eigenvalue weighted by molar-refractivity contribution is -0.143. The van der Waals surface area contributed by atoms with E-state index in [0.29, 0.717) is 19.3 Å². The fraction of sp³-hybridized carbons (Fsp3) is 0.308. The fourth-order valence-corrected chi connectivity index (χ4v) is 2.01. The number of carbonyl (C=O) groups is 2. The van der Waals surface area contributed by atoms with Gasteiger partial charge in [0, 0.05) is 6.54 Å². The van der Waals surface area contributed by atoms with E-state index >= 15 is 0 Å². The maximum atomic E-state index is 11.8. The summed E-state index contributed by atoms with van der Waals surface area (Å²) in [5, 5.41) is 0. The van der Waals surface area contributed by atoms with Crippen molar-refractivity contribution in [3.05, 3.63) is 41.4 Å². The Labute approximate surface area is 110 Å². The van der Waals surface area contributed by atoms with Gasteiger partial charge in [-0.1, -0.05) is 30.3 Å². The van der Waals surface area contributed by atoms with Crippen molar-refractivity contribution in [1.29, 1.82) is 0 Å². The van der Waals surface area contributed by atoms with Crippen LogP contribution in [-0.4, -0.2) is 40.4 Å². The number of ether oxygens (including phenoxy) is 1. The van der Waals surface area contributed by atoms with Crippen LogP contribution < -0.4 is 0 Å². The number of hydrogen-bond acceptors (Lipinski definition) is 3. The summed E-state index contributed by atoms with van der Waals surface area (Å²) in [4.78, 5) is 27.1. The van der Waals surface area contributed by atoms with E-state index in [0.717, 1.165) is 5.56 Å². The summed E-state index contributed by atoms with van der Waals surface area (Å²) in [6.45, 7) is 0.862. The van der Waals surface area contributed by atoms with Crippen molar-refractivity contribution in [2.45, 2.75) is 19.1 Å². The van der Waals surface area contributed by atoms with Gasteiger partial charge >= 0.3 is 12.2 Å². The van der Waals surface area contributed by atoms with E-state index in [1.807, 2.05) is 30.3 Å². The first kappa shape index (κ1) is 13.0. The Morgan fingerprint density at radius 3 is 2.89 bits per heavy atom. The van der Waals surface area contributed by atoms with Crippen LogP contribution in [0.1, 0.15) is 12.0 Å². The van der Waals surface area contributed by atoms with Crippen molar-refractivity contribution in [3.63, 3.8) is 0 Å². The van der Waals surface area contributed by atoms with Crippen LogP contribution >= 0.6 is 0 Å². The van der Waals surface area contributed by atoms with Gasteiger partial charge in [-0.25, -0.2) is 4.79 Å². The van der Waals surface area contributed by atoms with Crippen LogP contribution in [0.2, 0.25) is 0 Å². The van der Waals surface area contributed by atoms with Gasteiger partial charge in [0.2, 0.25) is 5.91 Å². The Morgan fingerprint density at radius 1 is 1.47 bits per heavy atom. The Kier molecular flexibility index (Phi) is 4.05. The van der Waals surface area contributed by atoms with Crippen molar-refractivity contribution >= 4 is 18.1 Å². The Hall–Kier alpha value is -2.46. The van der Waals surface area contributed by atoms with E-state index < -0.39 is 12.1 Å². The van der Waals surface area contributed by atoms with E-state index in [9.17, 15) is 9.59 Å². The smallest absolute Gasteiger partial charge is 0.413 e. The first-order valence-corrected chi connectivity index (χ1v) is 5.89. The molecule has 0 saturated carbocycles. The molecular formula is C13H13N3O3. The normalized spacial score (nSPS) is 18.0. The maximum absolute atomic E-state index is 11.8. The molecule has 2 rings (SSSR count). The lowest BCUT2D eigenvalue weighted by atomic mass is 10.2. The van der Waals surface area contributed by atoms with Crippen molar-refractivity contribution < 1.29 is 19.1 Å². The summed E-state index contributed by atoms with van der Waals surface area (Å²) in [5.41, 5.74) is 9.23. The van der Waals surface area contributed by atoms with Crippen LogP contribution in [-0.2, 0) is 20.9 Å². The van der Waals surface area contributed by atoms with E-state index in [-0.39, 0.29) is 12.3 Å². The van der Waals surface area contributed by atoms with Crippen molar-refractivity contribution in [2.24, 2.45) is 0 Å². The van der Waals surface area contributed by atoms with Gasteiger partial charge in [-0.3, -0.25) is 4.79 Å². The van der Waals surface area contributed by atoms with Crippen LogP contribution in [0.4, 0.5) is 0 Å². The summed E-state index contributed by atoms with van der Waals surface area (Å²) in [7, 11) is 0. The highest BCUT2D eigenvalue weighted by atomic mass is 16.5. The second-order valence-electron chi connectivity index (χ2n) is 4.27. The number of benzene rings is 1. The topological polar surface area (TPSA) is 83.0 Å². The van der Waals surface area contributed by atoms with Gasteiger partial charge in [-0.2, -0.15) is 4.79 Å². The molecule has 0 bridgehead atoms. The molecule has 0 N–H and O–H groups in total. The van der Waals surface area contributed by atoms with Gasteiger partial charge in [0.1, 0.15) is 6.10 Å². The van der Waals surface area contributed by atoms with Gasteiger partial charge in [0.05, 0.1) is 13.0 Å². The maximum Gasteiger partial charge on any atom is 0.413 e. The molecule has 0 radical (unpaired) electrons. The molecule has 1 aliphatic heterocycles. The average molecular weight is 259 g/mol. The average Bonchev–Trinajstić information content (AvgIpc) is 2.71. The summed E-state index contributed by atoms with van der Waals surface area (Å²) in [6, 6.07) is 9.60. The lowest BCUT2D eigenvalue weighted by Crippen LogP contribution is -2.27. The molecule has 1 amide bonds. The molecule has 1 fully saturated rings. The number of nitrogens with zero attached hydrogens (tertiary/aromatic N) is 3. The Morgan fingerprint density at radius 2 is 2.21 bits per heavy atom. The molecule has 1 aromatic rings. The first-order chi connectivity index (χ1) is 9.19. The highest BCUT2D eigenvalue weighted by Crippen LogP contribution is 2.17. The van der Waals surface area contributed by atoms with Gasteiger partial charge in [0.15, 0.2) is 0 Å². The molecule has 98 valence electrons. The molecular weight excluding hydrogens is 246 g/mol. The summed E-state index contributed by atoms with van der Waals surface area (Å²) < 4.78 is 4.98. The molecule has 1 aromatic carbocycles. The summed E-state index contributed by atoms with van der Waals surface area (Å²) >= 11 is 0. The summed E-state index contributed by atoms with van der Waals surface area (Å²) in [6.07, 6.45) is 0.351. The van der Waals surface area contributed by atoms with Gasteiger partial charge in [0.25, 0.3) is 0 Å². The Balaban J connectivity index is 1.92. The highest BCUT2D eigenvalue weighted by Gasteiger charge is 2.32. The second-order valence-corrected chi connectivity index (χ2v) is 4.27. The molecule has 0 spiro atoms. The number of amides is 1. The molecule has 19 heavy (non-hydrogen) atoms. The van der Waals surface area contributed by atoms with Crippen molar-refractivity contribution in [1.82, 2.24) is 4.90 Å². The zero-order valence-electron chi connectivity index (χ0n) is 10.2. The van der Waals surface area contributed by atoms with Crippen LogP contribution in [0, 0.1) is 0 Å². The number of rotatable bonds is 4. The van der Waals surface area contributed by atoms with Crippen LogP contribution in [0.3, 0.4) is 0 Å². The molecule has 1 heterocycles. The minimum Gasteiger partial charge on any atom is -0.452 e. The molecule has 0 aromatic heterocycles. The number of likely N-dealkylation sites (tertiary alicyclic amines) is 1. The molecule has 0 unspecified atom stereocenters. The molecule has 1 saturated heterocycles. The third-order valence-electron chi connectivity index (χ3n) is 2.84. The first-order valence-electron chi connectivity index (χ1n) is 5.89. The quantitative estimate of drug-likeness (QED) is 0.344. The van der Waals surface area contributed by atoms with Crippen LogP contribution in [0.5, 0.6) is 0 Å². The van der Waals surface area contributed by atoms with E-state index in [4.69, 9.17) is 10.3 Å². The number of hydrogen-bond donors (Lipinski definition) is 0. The van der Waals surface area contributed by atoms with Crippen LogP contribution in [0.25, 0.3) is 5.53 Å². The van der Waals surface area contributed by atoms with Crippen molar-refractivity contribution in [2.75, 3.05) is 6.54 Å². The SMILES string of the molecule is [N-]=[N+]=CC(=O)O[C@H]1CC(=O)N(Cc2ccccc2)C1. The van der Waals surface area contributed by atoms with E-state index in [2.05, 4.69) is 4.79 Å². The fourth-order valence-electron chi connectivity index (χ4n) is 2.01. The van der Waals surface area contributed by atoms with Gasteiger partial charge in [-0.05, 0) is 5.56 Å². The molecule has 0 aliphatic carbocycles. The minimum atomic E-state index is -0.748. The standard InChI is InChI=1S/C13H13N3O3/c14-15-7-13(18)19-11-6-12(17)16(9-11)8-10-4-2-1-3-5-10/h1-5,7,11H,6,8-9H2/t11-/m0/s1. The van der Waals surface area contributed by atoms with E-state index in [1.54, 1.807) is 4.90 Å². The van der Waals surface area contributed by atoms with Crippen molar-refractivity contribution in [3.8, 4) is 0 Å². The van der Waals surface area contributed by atoms with E-state index in [1.165, 1.54) is 0 Å². The van der Waals surface area contributed by atoms with Gasteiger partial charge < -0.3 is 15.2 Å². The zero-order valence-corrected chi connectivity index (χ0v) is 10.2. The highest BCUT2D eigenvalue weighted by molar-refractivity contribution is 6.20. The monoisotopic (exact) mass is 259 g/mol. The third kappa shape index (κ3) is 3.50. The zero-order chi connectivity index (χ0) is 13.7. The molecule has 1 aliphatic rings. The minimum absolute atomic E-state index is 0.0532. The molecule has 1 atom stereocenters. The Bertz CT molecular complexity index is 523. The van der Waals surface area contributed by atoms with Gasteiger partial charge in [-0.15, -0.1) is 0 Å². The lowest BCUT2D eigenvalue weighted by Gasteiger charge is -2.16.